The Morgan fingerprint density at radius 1 is 1.07 bits per heavy atom. The van der Waals surface area contributed by atoms with Crippen LogP contribution in [0.2, 0.25) is 0 Å². The minimum absolute atomic E-state index is 0.184. The third-order valence-electron chi connectivity index (χ3n) is 4.06. The fourth-order valence-corrected chi connectivity index (χ4v) is 3.91. The van der Waals surface area contributed by atoms with Crippen molar-refractivity contribution in [1.29, 1.82) is 0 Å². The van der Waals surface area contributed by atoms with Crippen molar-refractivity contribution in [3.05, 3.63) is 47.8 Å². The van der Waals surface area contributed by atoms with Crippen molar-refractivity contribution in [2.75, 3.05) is 32.4 Å². The van der Waals surface area contributed by atoms with E-state index in [0.717, 1.165) is 11.8 Å². The molecule has 0 aliphatic rings. The number of benzene rings is 2. The van der Waals surface area contributed by atoms with Crippen molar-refractivity contribution < 1.29 is 27.4 Å². The molecule has 0 saturated heterocycles. The summed E-state index contributed by atoms with van der Waals surface area (Å²) in [5.41, 5.74) is 1.43. The van der Waals surface area contributed by atoms with E-state index in [9.17, 15) is 13.2 Å². The van der Waals surface area contributed by atoms with Crippen molar-refractivity contribution in [2.45, 2.75) is 4.90 Å². The molecule has 10 heteroatoms. The zero-order chi connectivity index (χ0) is 21.7. The molecule has 0 saturated carbocycles. The first-order chi connectivity index (χ1) is 14.3. The van der Waals surface area contributed by atoms with Crippen molar-refractivity contribution >= 4 is 32.2 Å². The van der Waals surface area contributed by atoms with Gasteiger partial charge in [-0.15, -0.1) is 11.3 Å². The number of nitrogens with zero attached hydrogens (tertiary/aromatic N) is 1. The highest BCUT2D eigenvalue weighted by Gasteiger charge is 2.13. The van der Waals surface area contributed by atoms with Crippen molar-refractivity contribution in [1.82, 2.24) is 4.98 Å². The Kier molecular flexibility index (Phi) is 6.58. The minimum atomic E-state index is -3.28. The Balaban J connectivity index is 1.61. The lowest BCUT2D eigenvalue weighted by Gasteiger charge is -2.08. The molecule has 3 aromatic rings. The van der Waals surface area contributed by atoms with Crippen LogP contribution in [0.25, 0.3) is 11.3 Å². The predicted molar refractivity (Wildman–Crippen MR) is 114 cm³/mol. The van der Waals surface area contributed by atoms with Gasteiger partial charge in [0.05, 0.1) is 24.8 Å². The highest BCUT2D eigenvalue weighted by atomic mass is 32.2. The van der Waals surface area contributed by atoms with E-state index in [4.69, 9.17) is 14.2 Å². The molecule has 158 valence electrons. The summed E-state index contributed by atoms with van der Waals surface area (Å²) in [6.45, 7) is -0.237. The quantitative estimate of drug-likeness (QED) is 0.564. The molecular weight excluding hydrogens is 428 g/mol. The SMILES string of the molecule is COc1ccc(-c2csc(NC(=O)COc3ccc(S(C)(=O)=O)cc3)n2)c(OC)c1. The van der Waals surface area contributed by atoms with Gasteiger partial charge < -0.3 is 14.2 Å². The average Bonchev–Trinajstić information content (AvgIpc) is 3.19. The maximum Gasteiger partial charge on any atom is 0.264 e. The molecule has 0 bridgehead atoms. The van der Waals surface area contributed by atoms with Gasteiger partial charge in [0.15, 0.2) is 21.6 Å². The summed E-state index contributed by atoms with van der Waals surface area (Å²) in [5.74, 6) is 1.28. The topological polar surface area (TPSA) is 104 Å². The molecule has 0 spiro atoms. The number of methoxy groups -OCH3 is 2. The number of hydrogen-bond acceptors (Lipinski definition) is 8. The molecule has 1 amide bonds. The molecule has 0 radical (unpaired) electrons. The summed E-state index contributed by atoms with van der Waals surface area (Å²) in [7, 11) is -0.140. The van der Waals surface area contributed by atoms with Gasteiger partial charge in [0.25, 0.3) is 5.91 Å². The van der Waals surface area contributed by atoms with E-state index in [0.29, 0.717) is 28.1 Å². The molecule has 1 aromatic heterocycles. The number of carbonyl (C=O) groups excluding carboxylic acids is 1. The molecule has 0 aliphatic carbocycles. The number of nitrogens with one attached hydrogen (secondary N) is 1. The first-order valence-electron chi connectivity index (χ1n) is 8.71. The second-order valence-corrected chi connectivity index (χ2v) is 9.06. The van der Waals surface area contributed by atoms with Crippen LogP contribution in [0.15, 0.2) is 52.7 Å². The van der Waals surface area contributed by atoms with Crippen molar-refractivity contribution in [3.63, 3.8) is 0 Å². The molecule has 8 nitrogen and oxygen atoms in total. The normalized spacial score (nSPS) is 11.0. The number of aromatic nitrogens is 1. The van der Waals surface area contributed by atoms with Crippen molar-refractivity contribution in [3.8, 4) is 28.5 Å². The van der Waals surface area contributed by atoms with E-state index in [1.54, 1.807) is 26.4 Å². The standard InChI is InChI=1S/C20H20N2O6S2/c1-26-14-6-9-16(18(10-14)27-2)17-12-29-20(21-17)22-19(23)11-28-13-4-7-15(8-5-13)30(3,24)25/h4-10,12H,11H2,1-3H3,(H,21,22,23). The third kappa shape index (κ3) is 5.28. The van der Waals surface area contributed by atoms with Gasteiger partial charge in [0.1, 0.15) is 17.2 Å². The monoisotopic (exact) mass is 448 g/mol. The van der Waals surface area contributed by atoms with Crippen LogP contribution in [-0.2, 0) is 14.6 Å². The summed E-state index contributed by atoms with van der Waals surface area (Å²) >= 11 is 1.28. The van der Waals surface area contributed by atoms with Crippen LogP contribution in [0.5, 0.6) is 17.2 Å². The average molecular weight is 449 g/mol. The molecule has 1 heterocycles. The molecule has 1 N–H and O–H groups in total. The lowest BCUT2D eigenvalue weighted by atomic mass is 10.1. The van der Waals surface area contributed by atoms with E-state index in [1.807, 2.05) is 11.4 Å². The molecule has 0 atom stereocenters. The largest absolute Gasteiger partial charge is 0.497 e. The summed E-state index contributed by atoms with van der Waals surface area (Å²) < 4.78 is 38.9. The molecule has 3 rings (SSSR count). The van der Waals surface area contributed by atoms with Crippen LogP contribution in [0, 0.1) is 0 Å². The number of amides is 1. The molecule has 0 unspecified atom stereocenters. The lowest BCUT2D eigenvalue weighted by molar-refractivity contribution is -0.118. The Labute approximate surface area is 178 Å². The van der Waals surface area contributed by atoms with E-state index in [1.165, 1.54) is 35.6 Å². The Hall–Kier alpha value is -3.11. The van der Waals surface area contributed by atoms with E-state index >= 15 is 0 Å². The number of hydrogen-bond donors (Lipinski definition) is 1. The lowest BCUT2D eigenvalue weighted by Crippen LogP contribution is -2.20. The zero-order valence-electron chi connectivity index (χ0n) is 16.5. The number of ether oxygens (including phenoxy) is 3. The van der Waals surface area contributed by atoms with Gasteiger partial charge in [-0.3, -0.25) is 10.1 Å². The number of rotatable bonds is 8. The summed E-state index contributed by atoms with van der Waals surface area (Å²) in [6, 6.07) is 11.3. The summed E-state index contributed by atoms with van der Waals surface area (Å²) in [4.78, 5) is 16.8. The van der Waals surface area contributed by atoms with Gasteiger partial charge in [-0.25, -0.2) is 13.4 Å². The van der Waals surface area contributed by atoms with Gasteiger partial charge in [-0.05, 0) is 36.4 Å². The maximum atomic E-state index is 12.2. The van der Waals surface area contributed by atoms with Gasteiger partial charge in [0.2, 0.25) is 0 Å². The third-order valence-corrected chi connectivity index (χ3v) is 5.94. The number of carbonyl (C=O) groups is 1. The van der Waals surface area contributed by atoms with Crippen LogP contribution in [0.1, 0.15) is 0 Å². The second kappa shape index (κ2) is 9.14. The Morgan fingerprint density at radius 3 is 2.40 bits per heavy atom. The van der Waals surface area contributed by atoms with Crippen LogP contribution < -0.4 is 19.5 Å². The molecule has 0 fully saturated rings. The highest BCUT2D eigenvalue weighted by Crippen LogP contribution is 2.34. The van der Waals surface area contributed by atoms with Crippen LogP contribution in [-0.4, -0.2) is 46.4 Å². The zero-order valence-corrected chi connectivity index (χ0v) is 18.2. The molecule has 30 heavy (non-hydrogen) atoms. The fourth-order valence-electron chi connectivity index (χ4n) is 2.55. The van der Waals surface area contributed by atoms with Crippen LogP contribution in [0.3, 0.4) is 0 Å². The van der Waals surface area contributed by atoms with E-state index < -0.39 is 9.84 Å². The van der Waals surface area contributed by atoms with E-state index in [-0.39, 0.29) is 17.4 Å². The summed E-state index contributed by atoms with van der Waals surface area (Å²) in [6.07, 6.45) is 1.13. The Bertz CT molecular complexity index is 1140. The van der Waals surface area contributed by atoms with Crippen LogP contribution in [0.4, 0.5) is 5.13 Å². The number of thiazole rings is 1. The maximum absolute atomic E-state index is 12.2. The highest BCUT2D eigenvalue weighted by molar-refractivity contribution is 7.90. The van der Waals surface area contributed by atoms with Gasteiger partial charge in [-0.2, -0.15) is 0 Å². The van der Waals surface area contributed by atoms with Gasteiger partial charge in [0, 0.05) is 23.3 Å². The van der Waals surface area contributed by atoms with Gasteiger partial charge in [-0.1, -0.05) is 0 Å². The minimum Gasteiger partial charge on any atom is -0.497 e. The van der Waals surface area contributed by atoms with Crippen LogP contribution >= 0.6 is 11.3 Å². The molecular formula is C20H20N2O6S2. The first kappa shape index (κ1) is 21.6. The smallest absolute Gasteiger partial charge is 0.264 e. The fraction of sp³-hybridized carbons (Fsp3) is 0.200. The predicted octanol–water partition coefficient (Wildman–Crippen LogP) is 3.25. The number of sulfone groups is 1. The van der Waals surface area contributed by atoms with E-state index in [2.05, 4.69) is 10.3 Å². The Morgan fingerprint density at radius 2 is 1.77 bits per heavy atom. The molecule has 2 aromatic carbocycles. The van der Waals surface area contributed by atoms with Crippen molar-refractivity contribution in [2.24, 2.45) is 0 Å². The second-order valence-electron chi connectivity index (χ2n) is 6.18. The van der Waals surface area contributed by atoms with Gasteiger partial charge >= 0.3 is 0 Å². The molecule has 0 aliphatic heterocycles. The first-order valence-corrected chi connectivity index (χ1v) is 11.5. The number of anilines is 1. The summed E-state index contributed by atoms with van der Waals surface area (Å²) in [5, 5.41) is 4.91.